The summed E-state index contributed by atoms with van der Waals surface area (Å²) in [5.74, 6) is 0.909. The largest absolute Gasteiger partial charge is 0.485 e. The normalized spacial score (nSPS) is 15.0. The van der Waals surface area contributed by atoms with Crippen molar-refractivity contribution in [1.82, 2.24) is 5.32 Å². The maximum Gasteiger partial charge on any atom is 0.265 e. The van der Waals surface area contributed by atoms with E-state index in [-0.39, 0.29) is 30.8 Å². The van der Waals surface area contributed by atoms with Gasteiger partial charge in [0.1, 0.15) is 11.5 Å². The van der Waals surface area contributed by atoms with Crippen LogP contribution in [-0.2, 0) is 16.0 Å². The molecule has 1 N–H and O–H groups in total. The van der Waals surface area contributed by atoms with E-state index in [1.165, 1.54) is 0 Å². The Kier molecular flexibility index (Phi) is 6.73. The first-order valence-electron chi connectivity index (χ1n) is 11.2. The summed E-state index contributed by atoms with van der Waals surface area (Å²) in [6.07, 6.45) is 3.81. The lowest BCUT2D eigenvalue weighted by Gasteiger charge is -2.29. The van der Waals surface area contributed by atoms with Crippen LogP contribution in [0.2, 0.25) is 0 Å². The maximum absolute atomic E-state index is 12.8. The first-order chi connectivity index (χ1) is 15.5. The summed E-state index contributed by atoms with van der Waals surface area (Å²) >= 11 is 0. The van der Waals surface area contributed by atoms with E-state index in [0.29, 0.717) is 48.2 Å². The van der Waals surface area contributed by atoms with Crippen LogP contribution in [-0.4, -0.2) is 43.4 Å². The number of para-hydroxylation sites is 1. The highest BCUT2D eigenvalue weighted by Gasteiger charge is 2.27. The zero-order valence-electron chi connectivity index (χ0n) is 18.3. The molecule has 1 saturated carbocycles. The highest BCUT2D eigenvalue weighted by molar-refractivity contribution is 6.02. The molecule has 1 aliphatic carbocycles. The van der Waals surface area contributed by atoms with E-state index in [4.69, 9.17) is 9.47 Å². The topological polar surface area (TPSA) is 84.9 Å². The van der Waals surface area contributed by atoms with Gasteiger partial charge in [-0.25, -0.2) is 0 Å². The molecule has 0 unspecified atom stereocenters. The van der Waals surface area contributed by atoms with Crippen LogP contribution < -0.4 is 19.7 Å². The van der Waals surface area contributed by atoms with Crippen LogP contribution in [0.3, 0.4) is 0 Å². The number of nitrogens with zero attached hydrogens (tertiary/aromatic N) is 1. The van der Waals surface area contributed by atoms with Crippen molar-refractivity contribution in [1.29, 1.82) is 0 Å². The molecule has 7 nitrogen and oxygen atoms in total. The third-order valence-corrected chi connectivity index (χ3v) is 5.66. The molecule has 2 aromatic rings. The van der Waals surface area contributed by atoms with Gasteiger partial charge in [0, 0.05) is 24.6 Å². The number of fused-ring (bicyclic) bond motifs is 1. The van der Waals surface area contributed by atoms with Crippen molar-refractivity contribution in [2.75, 3.05) is 24.7 Å². The summed E-state index contributed by atoms with van der Waals surface area (Å²) in [6.45, 7) is 2.29. The second-order valence-corrected chi connectivity index (χ2v) is 8.14. The highest BCUT2D eigenvalue weighted by atomic mass is 16.5. The standard InChI is InChI=1S/C25H28N2O5/c1-2-17-6-3-4-7-22(17)31-15-21(28)18-9-12-23-20(14-18)27(25(30)16-32-23)13-5-8-24(29)26-19-10-11-19/h3-4,6-7,9,12,14,19H,2,5,8,10-11,13,15-16H2,1H3,(H,26,29). The van der Waals surface area contributed by atoms with Crippen molar-refractivity contribution in [3.05, 3.63) is 53.6 Å². The Morgan fingerprint density at radius 2 is 2.00 bits per heavy atom. The molecular formula is C25H28N2O5. The van der Waals surface area contributed by atoms with E-state index in [1.807, 2.05) is 31.2 Å². The molecule has 1 aliphatic heterocycles. The molecule has 1 heterocycles. The van der Waals surface area contributed by atoms with Gasteiger partial charge in [-0.15, -0.1) is 0 Å². The van der Waals surface area contributed by atoms with Crippen LogP contribution in [0.5, 0.6) is 11.5 Å². The molecule has 7 heteroatoms. The molecule has 0 saturated heterocycles. The summed E-state index contributed by atoms with van der Waals surface area (Å²) in [7, 11) is 0. The fourth-order valence-electron chi connectivity index (χ4n) is 3.71. The molecule has 2 aliphatic rings. The number of rotatable bonds is 10. The van der Waals surface area contributed by atoms with Crippen molar-refractivity contribution in [2.45, 2.75) is 45.1 Å². The highest BCUT2D eigenvalue weighted by Crippen LogP contribution is 2.33. The van der Waals surface area contributed by atoms with Gasteiger partial charge in [0.05, 0.1) is 5.69 Å². The van der Waals surface area contributed by atoms with Gasteiger partial charge in [-0.3, -0.25) is 14.4 Å². The fourth-order valence-corrected chi connectivity index (χ4v) is 3.71. The van der Waals surface area contributed by atoms with Crippen molar-refractivity contribution in [3.8, 4) is 11.5 Å². The second-order valence-electron chi connectivity index (χ2n) is 8.14. The molecule has 1 fully saturated rings. The Hall–Kier alpha value is -3.35. The average molecular weight is 437 g/mol. The molecule has 0 spiro atoms. The lowest BCUT2D eigenvalue weighted by molar-refractivity contribution is -0.122. The molecule has 0 bridgehead atoms. The number of benzene rings is 2. The molecule has 32 heavy (non-hydrogen) atoms. The van der Waals surface area contributed by atoms with Gasteiger partial charge in [-0.05, 0) is 55.5 Å². The maximum atomic E-state index is 12.8. The number of carbonyl (C=O) groups is 3. The fraction of sp³-hybridized carbons (Fsp3) is 0.400. The first kappa shape index (κ1) is 21.9. The summed E-state index contributed by atoms with van der Waals surface area (Å²) in [5.41, 5.74) is 2.05. The Bertz CT molecular complexity index is 1020. The van der Waals surface area contributed by atoms with Crippen LogP contribution in [0, 0.1) is 0 Å². The van der Waals surface area contributed by atoms with Gasteiger partial charge in [0.2, 0.25) is 5.91 Å². The van der Waals surface area contributed by atoms with Crippen molar-refractivity contribution >= 4 is 23.3 Å². The quantitative estimate of drug-likeness (QED) is 0.578. The van der Waals surface area contributed by atoms with E-state index in [1.54, 1.807) is 23.1 Å². The third-order valence-electron chi connectivity index (χ3n) is 5.66. The summed E-state index contributed by atoms with van der Waals surface area (Å²) in [4.78, 5) is 38.8. The van der Waals surface area contributed by atoms with E-state index in [0.717, 1.165) is 24.8 Å². The summed E-state index contributed by atoms with van der Waals surface area (Å²) < 4.78 is 11.3. The van der Waals surface area contributed by atoms with Crippen LogP contribution >= 0.6 is 0 Å². The second kappa shape index (κ2) is 9.85. The smallest absolute Gasteiger partial charge is 0.265 e. The molecule has 0 aromatic heterocycles. The number of Topliss-reactive ketones (excluding diaryl/α,β-unsaturated/α-hetero) is 1. The Morgan fingerprint density at radius 1 is 1.19 bits per heavy atom. The van der Waals surface area contributed by atoms with Crippen LogP contribution in [0.25, 0.3) is 0 Å². The molecule has 168 valence electrons. The number of hydrogen-bond donors (Lipinski definition) is 1. The van der Waals surface area contributed by atoms with Gasteiger partial charge < -0.3 is 19.7 Å². The Morgan fingerprint density at radius 3 is 2.78 bits per heavy atom. The zero-order valence-corrected chi connectivity index (χ0v) is 18.3. The molecular weight excluding hydrogens is 408 g/mol. The zero-order chi connectivity index (χ0) is 22.5. The number of amides is 2. The van der Waals surface area contributed by atoms with E-state index >= 15 is 0 Å². The first-order valence-corrected chi connectivity index (χ1v) is 11.2. The summed E-state index contributed by atoms with van der Waals surface area (Å²) in [5, 5.41) is 2.96. The lowest BCUT2D eigenvalue weighted by Crippen LogP contribution is -2.40. The molecule has 2 amide bonds. The van der Waals surface area contributed by atoms with Gasteiger partial charge in [0.25, 0.3) is 5.91 Å². The Balaban J connectivity index is 1.41. The van der Waals surface area contributed by atoms with E-state index < -0.39 is 0 Å². The van der Waals surface area contributed by atoms with Crippen molar-refractivity contribution in [3.63, 3.8) is 0 Å². The lowest BCUT2D eigenvalue weighted by atomic mass is 10.1. The number of hydrogen-bond acceptors (Lipinski definition) is 5. The third kappa shape index (κ3) is 5.28. The number of carbonyl (C=O) groups excluding carboxylic acids is 3. The van der Waals surface area contributed by atoms with Crippen LogP contribution in [0.4, 0.5) is 5.69 Å². The minimum absolute atomic E-state index is 0.0156. The number of aryl methyl sites for hydroxylation is 1. The molecule has 0 radical (unpaired) electrons. The number of anilines is 1. The van der Waals surface area contributed by atoms with E-state index in [2.05, 4.69) is 5.32 Å². The van der Waals surface area contributed by atoms with Gasteiger partial charge >= 0.3 is 0 Å². The monoisotopic (exact) mass is 436 g/mol. The predicted molar refractivity (Wildman–Crippen MR) is 120 cm³/mol. The van der Waals surface area contributed by atoms with Gasteiger partial charge in [-0.1, -0.05) is 25.1 Å². The number of ether oxygens (including phenoxy) is 2. The average Bonchev–Trinajstić information content (AvgIpc) is 3.62. The summed E-state index contributed by atoms with van der Waals surface area (Å²) in [6, 6.07) is 13.1. The minimum Gasteiger partial charge on any atom is -0.485 e. The van der Waals surface area contributed by atoms with E-state index in [9.17, 15) is 14.4 Å². The molecule has 4 rings (SSSR count). The molecule has 0 atom stereocenters. The molecule has 2 aromatic carbocycles. The Labute approximate surface area is 187 Å². The number of nitrogens with one attached hydrogen (secondary N) is 1. The van der Waals surface area contributed by atoms with Crippen molar-refractivity contribution in [2.24, 2.45) is 0 Å². The van der Waals surface area contributed by atoms with Crippen LogP contribution in [0.15, 0.2) is 42.5 Å². The minimum atomic E-state index is -0.183. The van der Waals surface area contributed by atoms with Crippen molar-refractivity contribution < 1.29 is 23.9 Å². The SMILES string of the molecule is CCc1ccccc1OCC(=O)c1ccc2c(c1)N(CCCC(=O)NC1CC1)C(=O)CO2. The predicted octanol–water partition coefficient (Wildman–Crippen LogP) is 3.29. The van der Waals surface area contributed by atoms with Gasteiger partial charge in [-0.2, -0.15) is 0 Å². The van der Waals surface area contributed by atoms with Crippen LogP contribution in [0.1, 0.15) is 48.5 Å². The number of ketones is 1. The van der Waals surface area contributed by atoms with Gasteiger partial charge in [0.15, 0.2) is 19.0 Å².